The third kappa shape index (κ3) is 3.91. The first-order valence-corrected chi connectivity index (χ1v) is 8.81. The second kappa shape index (κ2) is 7.40. The molecule has 0 bridgehead atoms. The van der Waals surface area contributed by atoms with E-state index < -0.39 is 31.4 Å². The molecular formula is C16H17N3O6S. The van der Waals surface area contributed by atoms with Crippen LogP contribution in [0, 0.1) is 10.1 Å². The summed E-state index contributed by atoms with van der Waals surface area (Å²) < 4.78 is 32.8. The highest BCUT2D eigenvalue weighted by molar-refractivity contribution is 7.92. The number of nitrogens with one attached hydrogen (secondary N) is 1. The largest absolute Gasteiger partial charge is 0.495 e. The number of ether oxygens (including phenoxy) is 1. The summed E-state index contributed by atoms with van der Waals surface area (Å²) in [6.45, 7) is 0. The topological polar surface area (TPSA) is 119 Å². The van der Waals surface area contributed by atoms with E-state index in [0.29, 0.717) is 0 Å². The maximum absolute atomic E-state index is 12.8. The number of para-hydroxylation sites is 1. The van der Waals surface area contributed by atoms with Gasteiger partial charge in [-0.05, 0) is 18.2 Å². The summed E-state index contributed by atoms with van der Waals surface area (Å²) in [6, 6.07) is 9.31. The summed E-state index contributed by atoms with van der Waals surface area (Å²) in [4.78, 5) is 23.4. The lowest BCUT2D eigenvalue weighted by molar-refractivity contribution is -0.385. The molecule has 1 amide bonds. The summed E-state index contributed by atoms with van der Waals surface area (Å²) in [7, 11) is 0.0874. The van der Waals surface area contributed by atoms with Crippen LogP contribution in [0.4, 0.5) is 11.4 Å². The molecule has 0 aliphatic heterocycles. The predicted octanol–water partition coefficient (Wildman–Crippen LogP) is 2.11. The second-order valence-corrected chi connectivity index (χ2v) is 7.09. The Kier molecular flexibility index (Phi) is 5.46. The molecular weight excluding hydrogens is 362 g/mol. The average Bonchev–Trinajstić information content (AvgIpc) is 2.60. The minimum Gasteiger partial charge on any atom is -0.495 e. The molecule has 9 nitrogen and oxygen atoms in total. The number of amides is 1. The zero-order valence-corrected chi connectivity index (χ0v) is 15.1. The molecule has 0 aliphatic carbocycles. The van der Waals surface area contributed by atoms with Crippen LogP contribution in [0.25, 0.3) is 0 Å². The van der Waals surface area contributed by atoms with E-state index in [9.17, 15) is 23.3 Å². The molecule has 0 atom stereocenters. The number of methoxy groups -OCH3 is 1. The van der Waals surface area contributed by atoms with Gasteiger partial charge in [-0.25, -0.2) is 8.42 Å². The normalized spacial score (nSPS) is 10.9. The van der Waals surface area contributed by atoms with Crippen molar-refractivity contribution in [3.63, 3.8) is 0 Å². The standard InChI is InChI=1S/C16H17N3O6S/c1-18(2)16(20)12-6-4-5-7-13(12)17-26(23,24)15-10-11(19(21)22)8-9-14(15)25-3/h4-10,17H,1-3H3. The summed E-state index contributed by atoms with van der Waals surface area (Å²) >= 11 is 0. The lowest BCUT2D eigenvalue weighted by Gasteiger charge is -2.16. The van der Waals surface area contributed by atoms with Crippen LogP contribution in [0.5, 0.6) is 5.75 Å². The molecule has 0 aliphatic rings. The van der Waals surface area contributed by atoms with Crippen LogP contribution in [0.3, 0.4) is 0 Å². The van der Waals surface area contributed by atoms with Crippen molar-refractivity contribution in [1.82, 2.24) is 4.90 Å². The van der Waals surface area contributed by atoms with Crippen molar-refractivity contribution in [2.45, 2.75) is 4.90 Å². The number of rotatable bonds is 6. The Bertz CT molecular complexity index is 956. The van der Waals surface area contributed by atoms with Gasteiger partial charge in [0.05, 0.1) is 23.3 Å². The highest BCUT2D eigenvalue weighted by Gasteiger charge is 2.25. The van der Waals surface area contributed by atoms with E-state index in [1.54, 1.807) is 12.1 Å². The lowest BCUT2D eigenvalue weighted by Crippen LogP contribution is -2.24. The Labute approximate surface area is 150 Å². The fraction of sp³-hybridized carbons (Fsp3) is 0.188. The Morgan fingerprint density at radius 1 is 1.19 bits per heavy atom. The number of sulfonamides is 1. The van der Waals surface area contributed by atoms with E-state index in [-0.39, 0.29) is 17.0 Å². The number of hydrogen-bond donors (Lipinski definition) is 1. The zero-order valence-electron chi connectivity index (χ0n) is 14.3. The number of non-ortho nitro benzene ring substituents is 1. The summed E-state index contributed by atoms with van der Waals surface area (Å²) in [6.07, 6.45) is 0. The van der Waals surface area contributed by atoms with Gasteiger partial charge in [0.15, 0.2) is 0 Å². The van der Waals surface area contributed by atoms with Gasteiger partial charge in [0.2, 0.25) is 0 Å². The molecule has 10 heteroatoms. The Balaban J connectivity index is 2.53. The number of carbonyl (C=O) groups is 1. The third-order valence-electron chi connectivity index (χ3n) is 3.46. The maximum atomic E-state index is 12.8. The van der Waals surface area contributed by atoms with E-state index in [0.717, 1.165) is 12.1 Å². The van der Waals surface area contributed by atoms with E-state index >= 15 is 0 Å². The fourth-order valence-corrected chi connectivity index (χ4v) is 3.46. The van der Waals surface area contributed by atoms with Crippen molar-refractivity contribution < 1.29 is 22.9 Å². The molecule has 0 heterocycles. The van der Waals surface area contributed by atoms with Crippen molar-refractivity contribution in [2.24, 2.45) is 0 Å². The van der Waals surface area contributed by atoms with Gasteiger partial charge < -0.3 is 9.64 Å². The van der Waals surface area contributed by atoms with Crippen molar-refractivity contribution in [2.75, 3.05) is 25.9 Å². The summed E-state index contributed by atoms with van der Waals surface area (Å²) in [5.74, 6) is -0.450. The monoisotopic (exact) mass is 379 g/mol. The van der Waals surface area contributed by atoms with Gasteiger partial charge in [-0.1, -0.05) is 12.1 Å². The Morgan fingerprint density at radius 2 is 1.85 bits per heavy atom. The van der Waals surface area contributed by atoms with E-state index in [4.69, 9.17) is 4.74 Å². The van der Waals surface area contributed by atoms with Crippen molar-refractivity contribution in [3.05, 3.63) is 58.1 Å². The van der Waals surface area contributed by atoms with Crippen molar-refractivity contribution >= 4 is 27.3 Å². The van der Waals surface area contributed by atoms with E-state index in [2.05, 4.69) is 4.72 Å². The molecule has 0 unspecified atom stereocenters. The lowest BCUT2D eigenvalue weighted by atomic mass is 10.1. The van der Waals surface area contributed by atoms with Crippen LogP contribution in [0.2, 0.25) is 0 Å². The molecule has 26 heavy (non-hydrogen) atoms. The molecule has 2 aromatic rings. The van der Waals surface area contributed by atoms with Gasteiger partial charge in [-0.3, -0.25) is 19.6 Å². The number of carbonyl (C=O) groups excluding carboxylic acids is 1. The smallest absolute Gasteiger partial charge is 0.271 e. The van der Waals surface area contributed by atoms with Crippen LogP contribution in [0.15, 0.2) is 47.4 Å². The van der Waals surface area contributed by atoms with Crippen LogP contribution in [0.1, 0.15) is 10.4 Å². The predicted molar refractivity (Wildman–Crippen MR) is 94.9 cm³/mol. The van der Waals surface area contributed by atoms with Crippen molar-refractivity contribution in [3.8, 4) is 5.75 Å². The molecule has 0 fully saturated rings. The van der Waals surface area contributed by atoms with Gasteiger partial charge >= 0.3 is 0 Å². The van der Waals surface area contributed by atoms with Crippen LogP contribution < -0.4 is 9.46 Å². The van der Waals surface area contributed by atoms with Gasteiger partial charge in [0.1, 0.15) is 10.6 Å². The highest BCUT2D eigenvalue weighted by Crippen LogP contribution is 2.30. The fourth-order valence-electron chi connectivity index (χ4n) is 2.19. The number of nitrogens with zero attached hydrogens (tertiary/aromatic N) is 2. The first-order chi connectivity index (χ1) is 12.2. The Hall–Kier alpha value is -3.14. The minimum atomic E-state index is -4.24. The molecule has 2 aromatic carbocycles. The molecule has 0 radical (unpaired) electrons. The van der Waals surface area contributed by atoms with Crippen LogP contribution >= 0.6 is 0 Å². The van der Waals surface area contributed by atoms with Crippen LogP contribution in [-0.2, 0) is 10.0 Å². The molecule has 0 spiro atoms. The highest BCUT2D eigenvalue weighted by atomic mass is 32.2. The molecule has 2 rings (SSSR count). The Morgan fingerprint density at radius 3 is 2.42 bits per heavy atom. The average molecular weight is 379 g/mol. The number of hydrogen-bond acceptors (Lipinski definition) is 6. The first-order valence-electron chi connectivity index (χ1n) is 7.33. The quantitative estimate of drug-likeness (QED) is 0.606. The van der Waals surface area contributed by atoms with Gasteiger partial charge in [0.25, 0.3) is 21.6 Å². The first kappa shape index (κ1) is 19.2. The zero-order chi connectivity index (χ0) is 19.5. The molecule has 0 saturated carbocycles. The molecule has 138 valence electrons. The maximum Gasteiger partial charge on any atom is 0.271 e. The molecule has 0 aromatic heterocycles. The molecule has 1 N–H and O–H groups in total. The number of nitro benzene ring substituents is 1. The van der Waals surface area contributed by atoms with Gasteiger partial charge in [-0.2, -0.15) is 0 Å². The second-order valence-electron chi connectivity index (χ2n) is 5.44. The van der Waals surface area contributed by atoms with Crippen molar-refractivity contribution in [1.29, 1.82) is 0 Å². The van der Waals surface area contributed by atoms with Gasteiger partial charge in [-0.15, -0.1) is 0 Å². The van der Waals surface area contributed by atoms with E-state index in [1.165, 1.54) is 44.3 Å². The minimum absolute atomic E-state index is 0.0553. The number of benzene rings is 2. The summed E-state index contributed by atoms with van der Waals surface area (Å²) in [5.41, 5.74) is -0.200. The number of anilines is 1. The molecule has 0 saturated heterocycles. The van der Waals surface area contributed by atoms with E-state index in [1.807, 2.05) is 0 Å². The van der Waals surface area contributed by atoms with Gasteiger partial charge in [0, 0.05) is 26.2 Å². The third-order valence-corrected chi connectivity index (χ3v) is 4.84. The number of nitro groups is 1. The summed E-state index contributed by atoms with van der Waals surface area (Å²) in [5, 5.41) is 11.0. The van der Waals surface area contributed by atoms with Crippen LogP contribution in [-0.4, -0.2) is 45.4 Å². The SMILES string of the molecule is COc1ccc([N+](=O)[O-])cc1S(=O)(=O)Nc1ccccc1C(=O)N(C)C.